The fraction of sp³-hybridized carbons (Fsp3) is 0.636. The predicted octanol–water partition coefficient (Wildman–Crippen LogP) is -1.72. The third kappa shape index (κ3) is 3.01. The number of carbonyl (C=O) groups excluding carboxylic acids is 4. The van der Waals surface area contributed by atoms with Gasteiger partial charge in [0.15, 0.2) is 0 Å². The quantitative estimate of drug-likeness (QED) is 0.582. The minimum Gasteiger partial charge on any atom is -0.339 e. The van der Waals surface area contributed by atoms with Crippen LogP contribution in [0.2, 0.25) is 0 Å². The van der Waals surface area contributed by atoms with Crippen molar-refractivity contribution in [3.8, 4) is 0 Å². The molecule has 0 bridgehead atoms. The van der Waals surface area contributed by atoms with E-state index in [1.54, 1.807) is 9.80 Å². The van der Waals surface area contributed by atoms with Crippen LogP contribution in [-0.4, -0.2) is 65.8 Å². The number of imide groups is 1. The lowest BCUT2D eigenvalue weighted by Crippen LogP contribution is -2.51. The number of nitrogens with one attached hydrogen (secondary N) is 2. The summed E-state index contributed by atoms with van der Waals surface area (Å²) in [6, 6.07) is -1.35. The van der Waals surface area contributed by atoms with E-state index < -0.39 is 18.0 Å². The van der Waals surface area contributed by atoms with Gasteiger partial charge in [0, 0.05) is 33.1 Å². The monoisotopic (exact) mass is 268 g/mol. The van der Waals surface area contributed by atoms with Crippen molar-refractivity contribution in [2.45, 2.75) is 19.4 Å². The SMILES string of the molecule is CC(=O)N1CCN(C(=O)CC2NC(=O)NC2=O)CC1. The Kier molecular flexibility index (Phi) is 3.68. The average Bonchev–Trinajstić information content (AvgIpc) is 2.68. The van der Waals surface area contributed by atoms with Crippen LogP contribution < -0.4 is 10.6 Å². The summed E-state index contributed by atoms with van der Waals surface area (Å²) >= 11 is 0. The third-order valence-electron chi connectivity index (χ3n) is 3.31. The Hall–Kier alpha value is -2.12. The molecule has 1 atom stereocenters. The van der Waals surface area contributed by atoms with Gasteiger partial charge in [-0.2, -0.15) is 0 Å². The van der Waals surface area contributed by atoms with Gasteiger partial charge in [-0.1, -0.05) is 0 Å². The van der Waals surface area contributed by atoms with Crippen molar-refractivity contribution in [3.63, 3.8) is 0 Å². The van der Waals surface area contributed by atoms with Crippen LogP contribution in [0, 0.1) is 0 Å². The fourth-order valence-electron chi connectivity index (χ4n) is 2.18. The zero-order valence-electron chi connectivity index (χ0n) is 10.6. The van der Waals surface area contributed by atoms with Gasteiger partial charge in [-0.25, -0.2) is 4.79 Å². The van der Waals surface area contributed by atoms with Gasteiger partial charge in [0.25, 0.3) is 5.91 Å². The zero-order valence-corrected chi connectivity index (χ0v) is 10.6. The molecule has 2 saturated heterocycles. The van der Waals surface area contributed by atoms with Crippen molar-refractivity contribution >= 4 is 23.8 Å². The molecule has 2 heterocycles. The number of rotatable bonds is 2. The smallest absolute Gasteiger partial charge is 0.322 e. The molecule has 0 spiro atoms. The van der Waals surface area contributed by atoms with Crippen LogP contribution in [0.4, 0.5) is 4.79 Å². The van der Waals surface area contributed by atoms with E-state index in [0.29, 0.717) is 26.2 Å². The van der Waals surface area contributed by atoms with E-state index in [1.165, 1.54) is 6.92 Å². The molecule has 104 valence electrons. The van der Waals surface area contributed by atoms with Gasteiger partial charge in [0.05, 0.1) is 6.42 Å². The lowest BCUT2D eigenvalue weighted by molar-refractivity contribution is -0.139. The van der Waals surface area contributed by atoms with Crippen LogP contribution in [0.5, 0.6) is 0 Å². The van der Waals surface area contributed by atoms with Crippen LogP contribution in [0.25, 0.3) is 0 Å². The molecular weight excluding hydrogens is 252 g/mol. The highest BCUT2D eigenvalue weighted by atomic mass is 16.2. The molecule has 8 heteroatoms. The molecule has 2 fully saturated rings. The number of nitrogens with zero attached hydrogens (tertiary/aromatic N) is 2. The van der Waals surface area contributed by atoms with E-state index in [2.05, 4.69) is 10.6 Å². The maximum Gasteiger partial charge on any atom is 0.322 e. The van der Waals surface area contributed by atoms with Crippen LogP contribution in [0.15, 0.2) is 0 Å². The molecule has 0 aliphatic carbocycles. The first-order valence-electron chi connectivity index (χ1n) is 6.12. The number of amides is 5. The van der Waals surface area contributed by atoms with Crippen molar-refractivity contribution in [2.24, 2.45) is 0 Å². The molecule has 5 amide bonds. The molecule has 2 aliphatic heterocycles. The molecule has 19 heavy (non-hydrogen) atoms. The molecule has 0 aromatic rings. The minimum absolute atomic E-state index is 0.00506. The molecule has 0 aromatic carbocycles. The van der Waals surface area contributed by atoms with Crippen molar-refractivity contribution in [1.29, 1.82) is 0 Å². The first-order chi connectivity index (χ1) is 8.97. The molecule has 0 aromatic heterocycles. The van der Waals surface area contributed by atoms with Crippen LogP contribution in [0.3, 0.4) is 0 Å². The summed E-state index contributed by atoms with van der Waals surface area (Å²) in [5.41, 5.74) is 0. The lowest BCUT2D eigenvalue weighted by atomic mass is 10.1. The molecule has 0 radical (unpaired) electrons. The van der Waals surface area contributed by atoms with E-state index in [-0.39, 0.29) is 18.2 Å². The summed E-state index contributed by atoms with van der Waals surface area (Å²) in [5.74, 6) is -0.666. The first kappa shape index (κ1) is 13.3. The Bertz CT molecular complexity index is 428. The molecule has 2 aliphatic rings. The topological polar surface area (TPSA) is 98.8 Å². The van der Waals surface area contributed by atoms with Crippen LogP contribution in [0.1, 0.15) is 13.3 Å². The number of carbonyl (C=O) groups is 4. The highest BCUT2D eigenvalue weighted by Gasteiger charge is 2.33. The fourth-order valence-corrected chi connectivity index (χ4v) is 2.18. The third-order valence-corrected chi connectivity index (χ3v) is 3.31. The van der Waals surface area contributed by atoms with E-state index >= 15 is 0 Å². The van der Waals surface area contributed by atoms with E-state index in [4.69, 9.17) is 0 Å². The highest BCUT2D eigenvalue weighted by Crippen LogP contribution is 2.07. The molecule has 2 rings (SSSR count). The van der Waals surface area contributed by atoms with Crippen molar-refractivity contribution in [3.05, 3.63) is 0 Å². The highest BCUT2D eigenvalue weighted by molar-refractivity contribution is 6.05. The van der Waals surface area contributed by atoms with E-state index in [9.17, 15) is 19.2 Å². The predicted molar refractivity (Wildman–Crippen MR) is 63.9 cm³/mol. The largest absolute Gasteiger partial charge is 0.339 e. The van der Waals surface area contributed by atoms with E-state index in [0.717, 1.165) is 0 Å². The van der Waals surface area contributed by atoms with Crippen LogP contribution in [-0.2, 0) is 14.4 Å². The maximum absolute atomic E-state index is 12.0. The molecule has 2 N–H and O–H groups in total. The summed E-state index contributed by atoms with van der Waals surface area (Å²) in [4.78, 5) is 48.7. The van der Waals surface area contributed by atoms with Crippen LogP contribution >= 0.6 is 0 Å². The summed E-state index contributed by atoms with van der Waals surface area (Å²) in [5, 5.41) is 4.47. The Balaban J connectivity index is 1.83. The standard InChI is InChI=1S/C11H16N4O4/c1-7(16)14-2-4-15(5-3-14)9(17)6-8-10(18)13-11(19)12-8/h8H,2-6H2,1H3,(H2,12,13,18,19). The molecule has 0 saturated carbocycles. The van der Waals surface area contributed by atoms with Gasteiger partial charge in [-0.05, 0) is 0 Å². The normalized spacial score (nSPS) is 23.1. The van der Waals surface area contributed by atoms with E-state index in [1.807, 2.05) is 0 Å². The Morgan fingerprint density at radius 3 is 2.21 bits per heavy atom. The second kappa shape index (κ2) is 5.25. The maximum atomic E-state index is 12.0. The second-order valence-corrected chi connectivity index (χ2v) is 4.61. The number of urea groups is 1. The average molecular weight is 268 g/mol. The van der Waals surface area contributed by atoms with Gasteiger partial charge >= 0.3 is 6.03 Å². The summed E-state index contributed by atoms with van der Waals surface area (Å²) < 4.78 is 0. The summed E-state index contributed by atoms with van der Waals surface area (Å²) in [6.45, 7) is 3.42. The first-order valence-corrected chi connectivity index (χ1v) is 6.12. The number of hydrogen-bond acceptors (Lipinski definition) is 4. The lowest BCUT2D eigenvalue weighted by Gasteiger charge is -2.34. The summed E-state index contributed by atoms with van der Waals surface area (Å²) in [6.07, 6.45) is -0.0440. The Morgan fingerprint density at radius 2 is 1.74 bits per heavy atom. The molecule has 1 unspecified atom stereocenters. The van der Waals surface area contributed by atoms with Gasteiger partial charge in [0.2, 0.25) is 11.8 Å². The molecule has 8 nitrogen and oxygen atoms in total. The van der Waals surface area contributed by atoms with Gasteiger partial charge in [-0.3, -0.25) is 19.7 Å². The van der Waals surface area contributed by atoms with Crippen molar-refractivity contribution in [1.82, 2.24) is 20.4 Å². The second-order valence-electron chi connectivity index (χ2n) is 4.61. The minimum atomic E-state index is -0.786. The van der Waals surface area contributed by atoms with Gasteiger partial charge in [0.1, 0.15) is 6.04 Å². The van der Waals surface area contributed by atoms with Crippen molar-refractivity contribution < 1.29 is 19.2 Å². The van der Waals surface area contributed by atoms with Gasteiger partial charge in [-0.15, -0.1) is 0 Å². The van der Waals surface area contributed by atoms with Crippen molar-refractivity contribution in [2.75, 3.05) is 26.2 Å². The molecular formula is C11H16N4O4. The Labute approximate surface area is 110 Å². The summed E-state index contributed by atoms with van der Waals surface area (Å²) in [7, 11) is 0. The Morgan fingerprint density at radius 1 is 1.16 bits per heavy atom. The van der Waals surface area contributed by atoms with Gasteiger partial charge < -0.3 is 15.1 Å². The number of hydrogen-bond donors (Lipinski definition) is 2. The number of piperazine rings is 1. The zero-order chi connectivity index (χ0) is 14.0.